The van der Waals surface area contributed by atoms with Gasteiger partial charge in [-0.1, -0.05) is 39.0 Å². The molecule has 0 spiro atoms. The number of benzene rings is 1. The number of rotatable bonds is 9. The van der Waals surface area contributed by atoms with Crippen LogP contribution in [0.3, 0.4) is 0 Å². The first-order valence-electron chi connectivity index (χ1n) is 7.21. The van der Waals surface area contributed by atoms with Crippen LogP contribution in [0, 0.1) is 0 Å². The molecule has 2 nitrogen and oxygen atoms in total. The second-order valence-corrected chi connectivity index (χ2v) is 5.74. The summed E-state index contributed by atoms with van der Waals surface area (Å²) in [6.07, 6.45) is 2.57. The van der Waals surface area contributed by atoms with Crippen molar-refractivity contribution in [1.29, 1.82) is 0 Å². The quantitative estimate of drug-likeness (QED) is 0.530. The van der Waals surface area contributed by atoms with E-state index < -0.39 is 6.36 Å². The molecule has 0 atom stereocenters. The molecule has 0 saturated carbocycles. The molecule has 1 N–H and O–H groups in total. The summed E-state index contributed by atoms with van der Waals surface area (Å²) in [7, 11) is 0. The predicted molar refractivity (Wildman–Crippen MR) is 82.7 cm³/mol. The molecule has 0 aliphatic rings. The summed E-state index contributed by atoms with van der Waals surface area (Å²) in [5.41, 5.74) is 0.782. The third kappa shape index (κ3) is 8.19. The van der Waals surface area contributed by atoms with E-state index >= 15 is 0 Å². The summed E-state index contributed by atoms with van der Waals surface area (Å²) >= 11 is 3.09. The van der Waals surface area contributed by atoms with E-state index in [2.05, 4.69) is 32.9 Å². The lowest BCUT2D eigenvalue weighted by Crippen LogP contribution is -2.17. The monoisotopic (exact) mass is 367 g/mol. The Hall–Kier alpha value is -0.910. The van der Waals surface area contributed by atoms with Gasteiger partial charge in [0.05, 0.1) is 4.47 Å². The number of nitrogens with one attached hydrogen (secondary N) is 1. The summed E-state index contributed by atoms with van der Waals surface area (Å²) in [5, 5.41) is 3.20. The van der Waals surface area contributed by atoms with Crippen LogP contribution < -0.4 is 10.1 Å². The minimum Gasteiger partial charge on any atom is -0.405 e. The van der Waals surface area contributed by atoms with Gasteiger partial charge >= 0.3 is 6.36 Å². The molecule has 1 aromatic carbocycles. The van der Waals surface area contributed by atoms with Crippen LogP contribution in [0.1, 0.15) is 45.4 Å². The fraction of sp³-hybridized carbons (Fsp3) is 0.600. The van der Waals surface area contributed by atoms with Crippen molar-refractivity contribution in [3.63, 3.8) is 0 Å². The molecule has 0 aliphatic carbocycles. The lowest BCUT2D eigenvalue weighted by Gasteiger charge is -2.12. The van der Waals surface area contributed by atoms with Crippen LogP contribution in [0.2, 0.25) is 0 Å². The maximum Gasteiger partial charge on any atom is 0.573 e. The van der Waals surface area contributed by atoms with Gasteiger partial charge in [0.2, 0.25) is 0 Å². The lowest BCUT2D eigenvalue weighted by molar-refractivity contribution is -0.274. The zero-order valence-electron chi connectivity index (χ0n) is 12.1. The minimum absolute atomic E-state index is 0.229. The molecule has 0 fully saturated rings. The van der Waals surface area contributed by atoms with Crippen molar-refractivity contribution in [1.82, 2.24) is 0 Å². The van der Waals surface area contributed by atoms with E-state index in [-0.39, 0.29) is 10.2 Å². The Morgan fingerprint density at radius 3 is 2.38 bits per heavy atom. The van der Waals surface area contributed by atoms with E-state index in [1.54, 1.807) is 12.1 Å². The summed E-state index contributed by atoms with van der Waals surface area (Å²) in [5.74, 6) is -0.229. The maximum atomic E-state index is 12.1. The predicted octanol–water partition coefficient (Wildman–Crippen LogP) is 6.12. The highest BCUT2D eigenvalue weighted by atomic mass is 79.9. The van der Waals surface area contributed by atoms with Crippen molar-refractivity contribution in [2.75, 3.05) is 11.9 Å². The van der Waals surface area contributed by atoms with Crippen LogP contribution in [0.5, 0.6) is 5.75 Å². The fourth-order valence-electron chi connectivity index (χ4n) is 1.96. The molecule has 0 aliphatic heterocycles. The Morgan fingerprint density at radius 1 is 1.10 bits per heavy atom. The molecule has 120 valence electrons. The van der Waals surface area contributed by atoms with Gasteiger partial charge in [0, 0.05) is 12.2 Å². The number of hydrogen-bond acceptors (Lipinski definition) is 2. The van der Waals surface area contributed by atoms with Gasteiger partial charge in [0.15, 0.2) is 0 Å². The van der Waals surface area contributed by atoms with Crippen LogP contribution in [0.15, 0.2) is 22.7 Å². The molecule has 0 unspecified atom stereocenters. The van der Waals surface area contributed by atoms with Gasteiger partial charge in [-0.3, -0.25) is 0 Å². The summed E-state index contributed by atoms with van der Waals surface area (Å²) in [4.78, 5) is 0. The van der Waals surface area contributed by atoms with Crippen LogP contribution in [-0.4, -0.2) is 12.9 Å². The Kier molecular flexibility index (Phi) is 7.93. The first-order chi connectivity index (χ1) is 9.92. The van der Waals surface area contributed by atoms with Crippen molar-refractivity contribution >= 4 is 21.6 Å². The Bertz CT molecular complexity index is 424. The normalized spacial score (nSPS) is 11.5. The number of ether oxygens (including phenoxy) is 1. The van der Waals surface area contributed by atoms with Crippen LogP contribution >= 0.6 is 15.9 Å². The first kappa shape index (κ1) is 18.1. The molecular formula is C15H21BrF3NO. The third-order valence-electron chi connectivity index (χ3n) is 3.02. The molecule has 0 aromatic heterocycles. The highest BCUT2D eigenvalue weighted by Gasteiger charge is 2.31. The molecule has 0 heterocycles. The fourth-order valence-corrected chi connectivity index (χ4v) is 2.42. The van der Waals surface area contributed by atoms with Gasteiger partial charge in [-0.05, 0) is 40.5 Å². The van der Waals surface area contributed by atoms with Crippen molar-refractivity contribution in [3.8, 4) is 5.75 Å². The molecule has 6 heteroatoms. The minimum atomic E-state index is -4.67. The summed E-state index contributed by atoms with van der Waals surface area (Å²) < 4.78 is 40.6. The second-order valence-electron chi connectivity index (χ2n) is 4.89. The number of anilines is 1. The Balaban J connectivity index is 2.32. The number of unbranched alkanes of at least 4 members (excludes halogenated alkanes) is 5. The van der Waals surface area contributed by atoms with Gasteiger partial charge in [0.1, 0.15) is 5.75 Å². The van der Waals surface area contributed by atoms with Gasteiger partial charge < -0.3 is 10.1 Å². The highest BCUT2D eigenvalue weighted by Crippen LogP contribution is 2.32. The van der Waals surface area contributed by atoms with Crippen molar-refractivity contribution in [2.45, 2.75) is 51.8 Å². The van der Waals surface area contributed by atoms with Crippen molar-refractivity contribution < 1.29 is 17.9 Å². The molecule has 0 bridgehead atoms. The molecular weight excluding hydrogens is 347 g/mol. The van der Waals surface area contributed by atoms with Gasteiger partial charge in [-0.2, -0.15) is 0 Å². The zero-order chi connectivity index (χ0) is 15.7. The summed E-state index contributed by atoms with van der Waals surface area (Å²) in [6.45, 7) is 3.00. The largest absolute Gasteiger partial charge is 0.573 e. The Morgan fingerprint density at radius 2 is 1.76 bits per heavy atom. The molecule has 0 amide bonds. The molecule has 0 radical (unpaired) electrons. The number of alkyl halides is 3. The van der Waals surface area contributed by atoms with E-state index in [0.717, 1.165) is 18.7 Å². The van der Waals surface area contributed by atoms with E-state index in [9.17, 15) is 13.2 Å². The smallest absolute Gasteiger partial charge is 0.405 e. The van der Waals surface area contributed by atoms with E-state index in [4.69, 9.17) is 0 Å². The van der Waals surface area contributed by atoms with Crippen molar-refractivity contribution in [3.05, 3.63) is 22.7 Å². The topological polar surface area (TPSA) is 21.3 Å². The SMILES string of the molecule is CCCCCCCCNc1ccc(OC(F)(F)F)c(Br)c1. The van der Waals surface area contributed by atoms with Crippen LogP contribution in [0.25, 0.3) is 0 Å². The molecule has 1 aromatic rings. The number of hydrogen-bond donors (Lipinski definition) is 1. The number of halogens is 4. The van der Waals surface area contributed by atoms with E-state index in [0.29, 0.717) is 0 Å². The third-order valence-corrected chi connectivity index (χ3v) is 3.64. The average molecular weight is 368 g/mol. The summed E-state index contributed by atoms with van der Waals surface area (Å²) in [6, 6.07) is 4.49. The molecule has 21 heavy (non-hydrogen) atoms. The average Bonchev–Trinajstić information content (AvgIpc) is 2.39. The van der Waals surface area contributed by atoms with Gasteiger partial charge in [0.25, 0.3) is 0 Å². The Labute approximate surface area is 132 Å². The van der Waals surface area contributed by atoms with E-state index in [1.807, 2.05) is 0 Å². The maximum absolute atomic E-state index is 12.1. The van der Waals surface area contributed by atoms with E-state index in [1.165, 1.54) is 38.2 Å². The van der Waals surface area contributed by atoms with Gasteiger partial charge in [-0.15, -0.1) is 13.2 Å². The zero-order valence-corrected chi connectivity index (χ0v) is 13.7. The molecule has 0 saturated heterocycles. The van der Waals surface area contributed by atoms with Gasteiger partial charge in [-0.25, -0.2) is 0 Å². The first-order valence-corrected chi connectivity index (χ1v) is 8.01. The van der Waals surface area contributed by atoms with Crippen LogP contribution in [-0.2, 0) is 0 Å². The molecule has 1 rings (SSSR count). The highest BCUT2D eigenvalue weighted by molar-refractivity contribution is 9.10. The standard InChI is InChI=1S/C15H21BrF3NO/c1-2-3-4-5-6-7-10-20-12-8-9-14(13(16)11-12)21-15(17,18)19/h8-9,11,20H,2-7,10H2,1H3. The second kappa shape index (κ2) is 9.18. The van der Waals surface area contributed by atoms with Crippen molar-refractivity contribution in [2.24, 2.45) is 0 Å². The lowest BCUT2D eigenvalue weighted by atomic mass is 10.1. The van der Waals surface area contributed by atoms with Crippen LogP contribution in [0.4, 0.5) is 18.9 Å².